The van der Waals surface area contributed by atoms with E-state index in [-0.39, 0.29) is 37.1 Å². The lowest BCUT2D eigenvalue weighted by atomic mass is 10.1. The smallest absolute Gasteiger partial charge is 0.416 e. The summed E-state index contributed by atoms with van der Waals surface area (Å²) >= 11 is 0. The SMILES string of the molecule is CCNC(=NCc1ccc(C(F)(F)F)cc1)NCC(O)c1cc(OC)cc(OC)c1.I. The highest BCUT2D eigenvalue weighted by Gasteiger charge is 2.29. The average molecular weight is 553 g/mol. The van der Waals surface area contributed by atoms with E-state index >= 15 is 0 Å². The van der Waals surface area contributed by atoms with Crippen LogP contribution in [-0.4, -0.2) is 38.4 Å². The van der Waals surface area contributed by atoms with Crippen molar-refractivity contribution in [1.82, 2.24) is 10.6 Å². The number of ether oxygens (including phenoxy) is 2. The molecule has 172 valence electrons. The van der Waals surface area contributed by atoms with Gasteiger partial charge in [0.05, 0.1) is 32.4 Å². The Kier molecular flexibility index (Phi) is 10.9. The molecule has 2 rings (SSSR count). The molecule has 0 spiro atoms. The molecular formula is C21H27F3IN3O3. The van der Waals surface area contributed by atoms with E-state index < -0.39 is 17.8 Å². The summed E-state index contributed by atoms with van der Waals surface area (Å²) in [4.78, 5) is 4.36. The van der Waals surface area contributed by atoms with E-state index in [9.17, 15) is 18.3 Å². The number of nitrogens with one attached hydrogen (secondary N) is 2. The molecule has 2 aromatic carbocycles. The molecule has 2 aromatic rings. The fourth-order valence-electron chi connectivity index (χ4n) is 2.64. The zero-order valence-corrected chi connectivity index (χ0v) is 19.8. The Bertz CT molecular complexity index is 824. The summed E-state index contributed by atoms with van der Waals surface area (Å²) in [5, 5.41) is 16.6. The zero-order chi connectivity index (χ0) is 22.1. The molecule has 0 aliphatic carbocycles. The molecule has 0 saturated carbocycles. The van der Waals surface area contributed by atoms with Crippen LogP contribution in [0.5, 0.6) is 11.5 Å². The first-order valence-corrected chi connectivity index (χ1v) is 9.36. The summed E-state index contributed by atoms with van der Waals surface area (Å²) in [6.07, 6.45) is -5.22. The topological polar surface area (TPSA) is 75.1 Å². The van der Waals surface area contributed by atoms with E-state index in [0.29, 0.717) is 35.1 Å². The lowest BCUT2D eigenvalue weighted by Gasteiger charge is -2.17. The lowest BCUT2D eigenvalue weighted by molar-refractivity contribution is -0.137. The predicted molar refractivity (Wildman–Crippen MR) is 124 cm³/mol. The van der Waals surface area contributed by atoms with Gasteiger partial charge in [0.15, 0.2) is 5.96 Å². The van der Waals surface area contributed by atoms with E-state index in [1.165, 1.54) is 26.4 Å². The fraction of sp³-hybridized carbons (Fsp3) is 0.381. The summed E-state index contributed by atoms with van der Waals surface area (Å²) in [7, 11) is 3.06. The third-order valence-electron chi connectivity index (χ3n) is 4.27. The quantitative estimate of drug-likeness (QED) is 0.261. The summed E-state index contributed by atoms with van der Waals surface area (Å²) in [5.74, 6) is 1.56. The van der Waals surface area contributed by atoms with Crippen LogP contribution >= 0.6 is 24.0 Å². The van der Waals surface area contributed by atoms with Crippen molar-refractivity contribution in [1.29, 1.82) is 0 Å². The molecule has 0 radical (unpaired) electrons. The second kappa shape index (κ2) is 12.6. The number of aliphatic imine (C=N–C) groups is 1. The van der Waals surface area contributed by atoms with Gasteiger partial charge < -0.3 is 25.2 Å². The monoisotopic (exact) mass is 553 g/mol. The Balaban J connectivity index is 0.00000480. The maximum Gasteiger partial charge on any atom is 0.416 e. The summed E-state index contributed by atoms with van der Waals surface area (Å²) in [6, 6.07) is 9.98. The van der Waals surface area contributed by atoms with Crippen LogP contribution < -0.4 is 20.1 Å². The number of rotatable bonds is 8. The molecule has 0 aromatic heterocycles. The molecule has 0 fully saturated rings. The highest BCUT2D eigenvalue weighted by molar-refractivity contribution is 14.0. The van der Waals surface area contributed by atoms with Crippen molar-refractivity contribution in [2.75, 3.05) is 27.3 Å². The first-order chi connectivity index (χ1) is 14.3. The van der Waals surface area contributed by atoms with E-state index in [0.717, 1.165) is 12.1 Å². The minimum Gasteiger partial charge on any atom is -0.497 e. The van der Waals surface area contributed by atoms with Crippen molar-refractivity contribution in [2.24, 2.45) is 4.99 Å². The first kappa shape index (κ1) is 26.8. The molecule has 0 bridgehead atoms. The second-order valence-electron chi connectivity index (χ2n) is 6.43. The van der Waals surface area contributed by atoms with Gasteiger partial charge >= 0.3 is 6.18 Å². The first-order valence-electron chi connectivity index (χ1n) is 9.36. The Morgan fingerprint density at radius 2 is 1.61 bits per heavy atom. The number of alkyl halides is 3. The number of hydrogen-bond donors (Lipinski definition) is 3. The number of hydrogen-bond acceptors (Lipinski definition) is 4. The standard InChI is InChI=1S/C21H26F3N3O3.HI/c1-4-25-20(26-12-14-5-7-16(8-6-14)21(22,23)24)27-13-19(28)15-9-17(29-2)11-18(10-15)30-3;/h5-11,19,28H,4,12-13H2,1-3H3,(H2,25,26,27);1H. The van der Waals surface area contributed by atoms with Crippen molar-refractivity contribution >= 4 is 29.9 Å². The van der Waals surface area contributed by atoms with Gasteiger partial charge in [0.2, 0.25) is 0 Å². The van der Waals surface area contributed by atoms with E-state index in [4.69, 9.17) is 9.47 Å². The van der Waals surface area contributed by atoms with Gasteiger partial charge in [-0.3, -0.25) is 0 Å². The maximum absolute atomic E-state index is 12.7. The largest absolute Gasteiger partial charge is 0.497 e. The molecule has 31 heavy (non-hydrogen) atoms. The Hall–Kier alpha value is -2.21. The van der Waals surface area contributed by atoms with Crippen LogP contribution in [-0.2, 0) is 12.7 Å². The van der Waals surface area contributed by atoms with E-state index in [1.807, 2.05) is 6.92 Å². The highest BCUT2D eigenvalue weighted by Crippen LogP contribution is 2.29. The van der Waals surface area contributed by atoms with Crippen LogP contribution in [0.25, 0.3) is 0 Å². The van der Waals surface area contributed by atoms with E-state index in [1.54, 1.807) is 18.2 Å². The van der Waals surface area contributed by atoms with Crippen molar-refractivity contribution < 1.29 is 27.8 Å². The lowest BCUT2D eigenvalue weighted by Crippen LogP contribution is -2.39. The van der Waals surface area contributed by atoms with Gasteiger partial charge in [0, 0.05) is 19.2 Å². The highest BCUT2D eigenvalue weighted by atomic mass is 127. The second-order valence-corrected chi connectivity index (χ2v) is 6.43. The van der Waals surface area contributed by atoms with Crippen LogP contribution in [0, 0.1) is 0 Å². The van der Waals surface area contributed by atoms with Crippen LogP contribution in [0.4, 0.5) is 13.2 Å². The molecule has 10 heteroatoms. The number of guanidine groups is 1. The van der Waals surface area contributed by atoms with Crippen molar-refractivity contribution in [3.63, 3.8) is 0 Å². The third-order valence-corrected chi connectivity index (χ3v) is 4.27. The van der Waals surface area contributed by atoms with Gasteiger partial charge in [-0.2, -0.15) is 13.2 Å². The Morgan fingerprint density at radius 1 is 1.03 bits per heavy atom. The molecule has 0 saturated heterocycles. The average Bonchev–Trinajstić information content (AvgIpc) is 2.74. The molecule has 0 amide bonds. The Labute approximate surface area is 196 Å². The van der Waals surface area contributed by atoms with Crippen LogP contribution in [0.15, 0.2) is 47.5 Å². The van der Waals surface area contributed by atoms with Crippen molar-refractivity contribution in [3.05, 3.63) is 59.2 Å². The van der Waals surface area contributed by atoms with Gasteiger partial charge in [-0.15, -0.1) is 24.0 Å². The third kappa shape index (κ3) is 8.44. The number of benzene rings is 2. The van der Waals surface area contributed by atoms with Crippen molar-refractivity contribution in [2.45, 2.75) is 25.7 Å². The summed E-state index contributed by atoms with van der Waals surface area (Å²) < 4.78 is 48.4. The molecule has 0 aliphatic rings. The summed E-state index contributed by atoms with van der Waals surface area (Å²) in [5.41, 5.74) is 0.549. The van der Waals surface area contributed by atoms with Gasteiger partial charge in [-0.25, -0.2) is 4.99 Å². The Morgan fingerprint density at radius 3 is 2.10 bits per heavy atom. The molecular weight excluding hydrogens is 526 g/mol. The number of methoxy groups -OCH3 is 2. The van der Waals surface area contributed by atoms with Gasteiger partial charge in [-0.1, -0.05) is 12.1 Å². The normalized spacial score (nSPS) is 12.5. The minimum absolute atomic E-state index is 0. The van der Waals surface area contributed by atoms with Crippen LogP contribution in [0.3, 0.4) is 0 Å². The van der Waals surface area contributed by atoms with Gasteiger partial charge in [-0.05, 0) is 42.3 Å². The molecule has 1 unspecified atom stereocenters. The van der Waals surface area contributed by atoms with Crippen LogP contribution in [0.2, 0.25) is 0 Å². The molecule has 6 nitrogen and oxygen atoms in total. The molecule has 0 heterocycles. The summed E-state index contributed by atoms with van der Waals surface area (Å²) in [6.45, 7) is 2.83. The van der Waals surface area contributed by atoms with Crippen molar-refractivity contribution in [3.8, 4) is 11.5 Å². The van der Waals surface area contributed by atoms with Crippen LogP contribution in [0.1, 0.15) is 29.7 Å². The number of aliphatic hydroxyl groups excluding tert-OH is 1. The number of halogens is 4. The minimum atomic E-state index is -4.36. The maximum atomic E-state index is 12.7. The van der Waals surface area contributed by atoms with E-state index in [2.05, 4.69) is 15.6 Å². The number of nitrogens with zero attached hydrogens (tertiary/aromatic N) is 1. The van der Waals surface area contributed by atoms with Gasteiger partial charge in [0.25, 0.3) is 0 Å². The van der Waals surface area contributed by atoms with Gasteiger partial charge in [0.1, 0.15) is 11.5 Å². The zero-order valence-electron chi connectivity index (χ0n) is 17.5. The molecule has 1 atom stereocenters. The molecule has 3 N–H and O–H groups in total. The molecule has 0 aliphatic heterocycles. The predicted octanol–water partition coefficient (Wildman–Crippen LogP) is 4.13. The fourth-order valence-corrected chi connectivity index (χ4v) is 2.64. The number of aliphatic hydroxyl groups is 1.